The highest BCUT2D eigenvalue weighted by molar-refractivity contribution is 6.06. The van der Waals surface area contributed by atoms with Crippen molar-refractivity contribution in [3.8, 4) is 55.6 Å². The van der Waals surface area contributed by atoms with E-state index in [0.29, 0.717) is 0 Å². The Kier molecular flexibility index (Phi) is 9.66. The lowest BCUT2D eigenvalue weighted by Crippen LogP contribution is -2.28. The lowest BCUT2D eigenvalue weighted by Gasteiger charge is -2.34. The molecule has 1 nitrogen and oxygen atoms in total. The molecule has 1 spiro atoms. The van der Waals surface area contributed by atoms with Gasteiger partial charge in [0.1, 0.15) is 0 Å². The maximum atomic E-state index is 2.69. The van der Waals surface area contributed by atoms with E-state index in [0.717, 1.165) is 23.0 Å². The molecule has 2 unspecified atom stereocenters. The van der Waals surface area contributed by atoms with Crippen LogP contribution in [-0.4, -0.2) is 0 Å². The Hall–Kier alpha value is -7.74. The predicted octanol–water partition coefficient (Wildman–Crippen LogP) is 19.2. The van der Waals surface area contributed by atoms with Gasteiger partial charge in [-0.3, -0.25) is 0 Å². The summed E-state index contributed by atoms with van der Waals surface area (Å²) in [4.78, 5) is 2.53. The van der Waals surface area contributed by atoms with Gasteiger partial charge in [-0.15, -0.1) is 0 Å². The molecule has 348 valence electrons. The summed E-state index contributed by atoms with van der Waals surface area (Å²) in [6.07, 6.45) is 6.27. The van der Waals surface area contributed by atoms with Gasteiger partial charge in [0.05, 0.1) is 5.41 Å². The molecular formula is C71H59N. The van der Waals surface area contributed by atoms with Crippen molar-refractivity contribution in [2.75, 3.05) is 4.90 Å². The van der Waals surface area contributed by atoms with Crippen molar-refractivity contribution in [2.45, 2.75) is 76.0 Å². The zero-order valence-electron chi connectivity index (χ0n) is 41.8. The number of fused-ring (bicyclic) bond motifs is 14. The third kappa shape index (κ3) is 6.13. The number of hydrogen-bond acceptors (Lipinski definition) is 1. The Morgan fingerprint density at radius 2 is 0.944 bits per heavy atom. The first-order valence-corrected chi connectivity index (χ1v) is 26.5. The van der Waals surface area contributed by atoms with Crippen LogP contribution < -0.4 is 4.90 Å². The van der Waals surface area contributed by atoms with E-state index in [4.69, 9.17) is 0 Å². The molecule has 0 bridgehead atoms. The van der Waals surface area contributed by atoms with Crippen LogP contribution in [0.15, 0.2) is 218 Å². The Bertz CT molecular complexity index is 3740. The molecule has 2 atom stereocenters. The topological polar surface area (TPSA) is 3.24 Å². The van der Waals surface area contributed by atoms with Crippen LogP contribution in [0.2, 0.25) is 0 Å². The number of nitrogens with zero attached hydrogens (tertiary/aromatic N) is 1. The van der Waals surface area contributed by atoms with Gasteiger partial charge in [-0.2, -0.15) is 0 Å². The molecule has 14 rings (SSSR count). The van der Waals surface area contributed by atoms with E-state index in [2.05, 4.69) is 251 Å². The van der Waals surface area contributed by atoms with Gasteiger partial charge < -0.3 is 4.90 Å². The first kappa shape index (κ1) is 43.1. The SMILES string of the molecule is CCCC1(c2ccc3c(c2)C2(c4ccccc4-c4ccccc42)c2cc(N(c4ccc(-c5cccc6cccc(-c7ccccc7)c56)cc4)c4ccc5c(c4)-c4ccccc4C5(C)C)ccc2-3)CCC(C)C1. The van der Waals surface area contributed by atoms with Crippen LogP contribution in [0, 0.1) is 5.92 Å². The summed E-state index contributed by atoms with van der Waals surface area (Å²) in [6.45, 7) is 9.61. The van der Waals surface area contributed by atoms with Crippen LogP contribution in [0.1, 0.15) is 98.7 Å². The maximum absolute atomic E-state index is 2.69. The zero-order valence-corrected chi connectivity index (χ0v) is 41.8. The summed E-state index contributed by atoms with van der Waals surface area (Å²) >= 11 is 0. The van der Waals surface area contributed by atoms with Crippen molar-refractivity contribution >= 4 is 27.8 Å². The second-order valence-electron chi connectivity index (χ2n) is 22.1. The number of benzene rings is 10. The van der Waals surface area contributed by atoms with Crippen LogP contribution in [0.3, 0.4) is 0 Å². The molecule has 1 saturated carbocycles. The van der Waals surface area contributed by atoms with E-state index in [1.807, 2.05) is 0 Å². The van der Waals surface area contributed by atoms with Gasteiger partial charge in [-0.05, 0) is 179 Å². The maximum Gasteiger partial charge on any atom is 0.0726 e. The molecule has 10 aromatic carbocycles. The number of hydrogen-bond donors (Lipinski definition) is 0. The zero-order chi connectivity index (χ0) is 48.3. The quantitative estimate of drug-likeness (QED) is 0.147. The smallest absolute Gasteiger partial charge is 0.0726 e. The van der Waals surface area contributed by atoms with E-state index < -0.39 is 5.41 Å². The molecule has 4 aliphatic rings. The standard InChI is InChI=1S/C71H59N/c1-5-40-70(41-39-46(2)45-70)50-31-36-59-60-37-34-53(44-67(60)71(66(59)42-50)64-27-13-10-21-56(64)57-22-11-14-28-65(57)71)72(52-35-38-63-61(43-52)58-23-9-12-26-62(58)69(63,3)4)51-32-29-48(30-33-51)55-25-16-20-49-19-15-24-54(68(49)55)47-17-7-6-8-18-47/h6-38,42-44,46H,5,39-41,45H2,1-4H3. The fourth-order valence-corrected chi connectivity index (χ4v) is 14.6. The summed E-state index contributed by atoms with van der Waals surface area (Å²) in [5.41, 5.74) is 25.9. The third-order valence-corrected chi connectivity index (χ3v) is 17.8. The summed E-state index contributed by atoms with van der Waals surface area (Å²) in [6, 6.07) is 83.6. The first-order valence-electron chi connectivity index (χ1n) is 26.5. The molecule has 1 heteroatoms. The van der Waals surface area contributed by atoms with Crippen molar-refractivity contribution in [1.82, 2.24) is 0 Å². The molecule has 0 heterocycles. The van der Waals surface area contributed by atoms with E-state index in [1.54, 1.807) is 0 Å². The van der Waals surface area contributed by atoms with Gasteiger partial charge in [-0.25, -0.2) is 0 Å². The van der Waals surface area contributed by atoms with Crippen LogP contribution in [0.25, 0.3) is 66.4 Å². The monoisotopic (exact) mass is 925 g/mol. The van der Waals surface area contributed by atoms with Crippen molar-refractivity contribution in [1.29, 1.82) is 0 Å². The van der Waals surface area contributed by atoms with E-state index in [1.165, 1.54) is 137 Å². The van der Waals surface area contributed by atoms with E-state index >= 15 is 0 Å². The summed E-state index contributed by atoms with van der Waals surface area (Å²) in [5.74, 6) is 0.740. The fraction of sp³-hybridized carbons (Fsp3) is 0.183. The average Bonchev–Trinajstić information content (AvgIpc) is 4.13. The van der Waals surface area contributed by atoms with Gasteiger partial charge in [0.2, 0.25) is 0 Å². The highest BCUT2D eigenvalue weighted by atomic mass is 15.1. The Balaban J connectivity index is 0.985. The highest BCUT2D eigenvalue weighted by Crippen LogP contribution is 2.64. The second-order valence-corrected chi connectivity index (χ2v) is 22.1. The van der Waals surface area contributed by atoms with E-state index in [9.17, 15) is 0 Å². The van der Waals surface area contributed by atoms with Crippen molar-refractivity contribution in [2.24, 2.45) is 5.92 Å². The van der Waals surface area contributed by atoms with Gasteiger partial charge in [-0.1, -0.05) is 216 Å². The predicted molar refractivity (Wildman–Crippen MR) is 303 cm³/mol. The first-order chi connectivity index (χ1) is 35.3. The number of anilines is 3. The Morgan fingerprint density at radius 1 is 0.431 bits per heavy atom. The average molecular weight is 926 g/mol. The second kappa shape index (κ2) is 16.1. The Morgan fingerprint density at radius 3 is 1.60 bits per heavy atom. The molecule has 1 fully saturated rings. The lowest BCUT2D eigenvalue weighted by molar-refractivity contribution is 0.386. The van der Waals surface area contributed by atoms with E-state index in [-0.39, 0.29) is 10.8 Å². The number of rotatable bonds is 8. The van der Waals surface area contributed by atoms with Crippen LogP contribution >= 0.6 is 0 Å². The minimum atomic E-state index is -0.469. The molecule has 0 saturated heterocycles. The third-order valence-electron chi connectivity index (χ3n) is 17.8. The van der Waals surface area contributed by atoms with Gasteiger partial charge in [0.25, 0.3) is 0 Å². The van der Waals surface area contributed by atoms with Crippen LogP contribution in [0.4, 0.5) is 17.1 Å². The molecule has 0 radical (unpaired) electrons. The van der Waals surface area contributed by atoms with Gasteiger partial charge in [0, 0.05) is 22.5 Å². The molecule has 0 N–H and O–H groups in total. The minimum Gasteiger partial charge on any atom is -0.310 e. The van der Waals surface area contributed by atoms with Crippen molar-refractivity contribution in [3.63, 3.8) is 0 Å². The van der Waals surface area contributed by atoms with Crippen molar-refractivity contribution < 1.29 is 0 Å². The summed E-state index contributed by atoms with van der Waals surface area (Å²) in [7, 11) is 0. The molecule has 72 heavy (non-hydrogen) atoms. The largest absolute Gasteiger partial charge is 0.310 e. The van der Waals surface area contributed by atoms with Crippen LogP contribution in [-0.2, 0) is 16.2 Å². The summed E-state index contributed by atoms with van der Waals surface area (Å²) in [5, 5.41) is 2.53. The van der Waals surface area contributed by atoms with Crippen LogP contribution in [0.5, 0.6) is 0 Å². The molecule has 0 amide bonds. The normalized spacial score (nSPS) is 18.1. The minimum absolute atomic E-state index is 0.0892. The summed E-state index contributed by atoms with van der Waals surface area (Å²) < 4.78 is 0. The Labute approximate surface area is 425 Å². The highest BCUT2D eigenvalue weighted by Gasteiger charge is 2.53. The van der Waals surface area contributed by atoms with Crippen molar-refractivity contribution in [3.05, 3.63) is 257 Å². The van der Waals surface area contributed by atoms with Gasteiger partial charge in [0.15, 0.2) is 0 Å². The lowest BCUT2D eigenvalue weighted by atomic mass is 9.68. The fourth-order valence-electron chi connectivity index (χ4n) is 14.6. The molecule has 10 aromatic rings. The molecule has 0 aliphatic heterocycles. The van der Waals surface area contributed by atoms with Gasteiger partial charge >= 0.3 is 0 Å². The molecule has 0 aromatic heterocycles. The molecular weight excluding hydrogens is 867 g/mol. The molecule has 4 aliphatic carbocycles.